The second-order valence-electron chi connectivity index (χ2n) is 4.64. The van der Waals surface area contributed by atoms with Crippen molar-refractivity contribution in [3.8, 4) is 0 Å². The van der Waals surface area contributed by atoms with E-state index in [9.17, 15) is 4.79 Å². The summed E-state index contributed by atoms with van der Waals surface area (Å²) in [6.45, 7) is 0.947. The smallest absolute Gasteiger partial charge is 0.337 e. The average molecular weight is 309 g/mol. The van der Waals surface area contributed by atoms with E-state index in [2.05, 4.69) is 21.0 Å². The zero-order valence-corrected chi connectivity index (χ0v) is 11.6. The highest BCUT2D eigenvalue weighted by Crippen LogP contribution is 2.33. The molecule has 0 bridgehead atoms. The summed E-state index contributed by atoms with van der Waals surface area (Å²) in [5.74, 6) is 0.431. The van der Waals surface area contributed by atoms with Crippen LogP contribution in [-0.2, 0) is 11.3 Å². The summed E-state index contributed by atoms with van der Waals surface area (Å²) >= 11 is 3.57. The number of rotatable bonds is 3. The summed E-state index contributed by atoms with van der Waals surface area (Å²) in [6.07, 6.45) is 2.58. The molecule has 3 rings (SSSR count). The second kappa shape index (κ2) is 4.39. The van der Waals surface area contributed by atoms with Crippen LogP contribution >= 0.6 is 15.9 Å². The molecule has 4 nitrogen and oxygen atoms in total. The summed E-state index contributed by atoms with van der Waals surface area (Å²) in [4.78, 5) is 11.5. The van der Waals surface area contributed by atoms with E-state index in [0.29, 0.717) is 5.56 Å². The van der Waals surface area contributed by atoms with Crippen LogP contribution in [0.4, 0.5) is 0 Å². The molecule has 1 aliphatic rings. The SMILES string of the molecule is COC(=O)c1ccc2c(Br)n(CC3CC3)nc2c1. The third-order valence-electron chi connectivity index (χ3n) is 3.22. The van der Waals surface area contributed by atoms with Gasteiger partial charge in [-0.1, -0.05) is 0 Å². The van der Waals surface area contributed by atoms with E-state index in [0.717, 1.165) is 28.0 Å². The lowest BCUT2D eigenvalue weighted by Gasteiger charge is -1.99. The molecule has 0 amide bonds. The molecule has 0 saturated heterocycles. The third kappa shape index (κ3) is 2.03. The number of carbonyl (C=O) groups excluding carboxylic acids is 1. The van der Waals surface area contributed by atoms with Crippen LogP contribution in [0.3, 0.4) is 0 Å². The molecule has 94 valence electrons. The van der Waals surface area contributed by atoms with E-state index in [4.69, 9.17) is 4.74 Å². The Hall–Kier alpha value is -1.36. The molecule has 1 saturated carbocycles. The molecule has 0 atom stereocenters. The molecule has 18 heavy (non-hydrogen) atoms. The standard InChI is InChI=1S/C13H13BrN2O2/c1-18-13(17)9-4-5-10-11(6-9)15-16(12(10)14)7-8-2-3-8/h4-6,8H,2-3,7H2,1H3. The molecule has 5 heteroatoms. The van der Waals surface area contributed by atoms with Crippen LogP contribution in [0, 0.1) is 5.92 Å². The maximum atomic E-state index is 11.5. The fourth-order valence-electron chi connectivity index (χ4n) is 2.01. The average Bonchev–Trinajstić information content (AvgIpc) is 3.14. The molecule has 1 heterocycles. The Morgan fingerprint density at radius 1 is 1.56 bits per heavy atom. The van der Waals surface area contributed by atoms with Gasteiger partial charge >= 0.3 is 5.97 Å². The monoisotopic (exact) mass is 308 g/mol. The van der Waals surface area contributed by atoms with Crippen molar-refractivity contribution in [2.45, 2.75) is 19.4 Å². The fourth-order valence-corrected chi connectivity index (χ4v) is 2.57. The Balaban J connectivity index is 2.02. The van der Waals surface area contributed by atoms with Crippen molar-refractivity contribution in [3.63, 3.8) is 0 Å². The van der Waals surface area contributed by atoms with E-state index in [-0.39, 0.29) is 5.97 Å². The van der Waals surface area contributed by atoms with Crippen LogP contribution in [0.5, 0.6) is 0 Å². The molecule has 0 aliphatic heterocycles. The Labute approximate surface area is 113 Å². The molecule has 1 aromatic heterocycles. The van der Waals surface area contributed by atoms with Crippen molar-refractivity contribution in [2.75, 3.05) is 7.11 Å². The van der Waals surface area contributed by atoms with Gasteiger partial charge in [0, 0.05) is 11.9 Å². The van der Waals surface area contributed by atoms with Gasteiger partial charge < -0.3 is 4.74 Å². The van der Waals surface area contributed by atoms with Gasteiger partial charge in [0.25, 0.3) is 0 Å². The van der Waals surface area contributed by atoms with Crippen molar-refractivity contribution in [2.24, 2.45) is 5.92 Å². The number of aromatic nitrogens is 2. The highest BCUT2D eigenvalue weighted by atomic mass is 79.9. The van der Waals surface area contributed by atoms with Crippen LogP contribution in [0.15, 0.2) is 22.8 Å². The number of ether oxygens (including phenoxy) is 1. The lowest BCUT2D eigenvalue weighted by molar-refractivity contribution is 0.0601. The number of methoxy groups -OCH3 is 1. The van der Waals surface area contributed by atoms with Crippen molar-refractivity contribution in [1.29, 1.82) is 0 Å². The molecule has 2 aromatic rings. The first kappa shape index (κ1) is 11.7. The Bertz CT molecular complexity index is 617. The fraction of sp³-hybridized carbons (Fsp3) is 0.385. The molecule has 0 unspecified atom stereocenters. The molecular formula is C13H13BrN2O2. The summed E-state index contributed by atoms with van der Waals surface area (Å²) in [5.41, 5.74) is 1.36. The number of carbonyl (C=O) groups is 1. The van der Waals surface area contributed by atoms with Crippen LogP contribution in [-0.4, -0.2) is 22.9 Å². The highest BCUT2D eigenvalue weighted by molar-refractivity contribution is 9.10. The number of esters is 1. The molecular weight excluding hydrogens is 296 g/mol. The minimum absolute atomic E-state index is 0.329. The molecule has 1 aliphatic carbocycles. The molecule has 1 fully saturated rings. The van der Waals surface area contributed by atoms with Crippen LogP contribution in [0.1, 0.15) is 23.2 Å². The van der Waals surface area contributed by atoms with Crippen molar-refractivity contribution in [3.05, 3.63) is 28.4 Å². The topological polar surface area (TPSA) is 44.1 Å². The minimum Gasteiger partial charge on any atom is -0.465 e. The number of hydrogen-bond donors (Lipinski definition) is 0. The zero-order valence-electron chi connectivity index (χ0n) is 10.0. The van der Waals surface area contributed by atoms with Gasteiger partial charge in [-0.05, 0) is 52.9 Å². The third-order valence-corrected chi connectivity index (χ3v) is 4.06. The van der Waals surface area contributed by atoms with Gasteiger partial charge in [0.1, 0.15) is 4.60 Å². The predicted octanol–water partition coefficient (Wildman–Crippen LogP) is 3.00. The molecule has 0 spiro atoms. The lowest BCUT2D eigenvalue weighted by Crippen LogP contribution is -2.01. The number of halogens is 1. The van der Waals surface area contributed by atoms with Crippen molar-refractivity contribution in [1.82, 2.24) is 9.78 Å². The number of hydrogen-bond acceptors (Lipinski definition) is 3. The van der Waals surface area contributed by atoms with E-state index in [1.54, 1.807) is 12.1 Å². The zero-order chi connectivity index (χ0) is 12.7. The summed E-state index contributed by atoms with van der Waals surface area (Å²) < 4.78 is 7.67. The largest absolute Gasteiger partial charge is 0.465 e. The maximum absolute atomic E-state index is 11.5. The predicted molar refractivity (Wildman–Crippen MR) is 71.5 cm³/mol. The molecule has 0 N–H and O–H groups in total. The summed E-state index contributed by atoms with van der Waals surface area (Å²) in [5, 5.41) is 5.56. The van der Waals surface area contributed by atoms with Gasteiger partial charge in [0.05, 0.1) is 18.2 Å². The van der Waals surface area contributed by atoms with Gasteiger partial charge in [-0.15, -0.1) is 0 Å². The van der Waals surface area contributed by atoms with Crippen molar-refractivity contribution >= 4 is 32.8 Å². The van der Waals surface area contributed by atoms with Gasteiger partial charge in [-0.2, -0.15) is 5.10 Å². The van der Waals surface area contributed by atoms with Gasteiger partial charge in [0.15, 0.2) is 0 Å². The van der Waals surface area contributed by atoms with E-state index in [1.807, 2.05) is 10.7 Å². The van der Waals surface area contributed by atoms with Gasteiger partial charge in [-0.3, -0.25) is 4.68 Å². The Kier molecular flexibility index (Phi) is 2.86. The number of nitrogens with zero attached hydrogens (tertiary/aromatic N) is 2. The van der Waals surface area contributed by atoms with E-state index >= 15 is 0 Å². The van der Waals surface area contributed by atoms with Crippen LogP contribution in [0.25, 0.3) is 10.9 Å². The van der Waals surface area contributed by atoms with E-state index < -0.39 is 0 Å². The van der Waals surface area contributed by atoms with Crippen LogP contribution < -0.4 is 0 Å². The number of benzene rings is 1. The van der Waals surface area contributed by atoms with Gasteiger partial charge in [0.2, 0.25) is 0 Å². The van der Waals surface area contributed by atoms with Crippen molar-refractivity contribution < 1.29 is 9.53 Å². The first-order valence-electron chi connectivity index (χ1n) is 5.93. The Morgan fingerprint density at radius 2 is 2.33 bits per heavy atom. The van der Waals surface area contributed by atoms with Crippen LogP contribution in [0.2, 0.25) is 0 Å². The summed E-state index contributed by atoms with van der Waals surface area (Å²) in [7, 11) is 1.38. The normalized spacial score (nSPS) is 15.0. The van der Waals surface area contributed by atoms with Gasteiger partial charge in [-0.25, -0.2) is 4.79 Å². The highest BCUT2D eigenvalue weighted by Gasteiger charge is 2.23. The minimum atomic E-state index is -0.329. The quantitative estimate of drug-likeness (QED) is 0.819. The first-order chi connectivity index (χ1) is 8.69. The molecule has 1 aromatic carbocycles. The Morgan fingerprint density at radius 3 is 3.00 bits per heavy atom. The number of fused-ring (bicyclic) bond motifs is 1. The first-order valence-corrected chi connectivity index (χ1v) is 6.72. The van der Waals surface area contributed by atoms with E-state index in [1.165, 1.54) is 20.0 Å². The maximum Gasteiger partial charge on any atom is 0.337 e. The second-order valence-corrected chi connectivity index (χ2v) is 5.39. The lowest BCUT2D eigenvalue weighted by atomic mass is 10.2. The molecule has 0 radical (unpaired) electrons. The summed E-state index contributed by atoms with van der Waals surface area (Å²) in [6, 6.07) is 5.44.